The second-order valence-electron chi connectivity index (χ2n) is 7.61. The third kappa shape index (κ3) is 4.24. The van der Waals surface area contributed by atoms with Crippen molar-refractivity contribution in [3.05, 3.63) is 35.4 Å². The smallest absolute Gasteiger partial charge is 0.324 e. The number of imide groups is 1. The Bertz CT molecular complexity index is 636. The molecule has 0 unspecified atom stereocenters. The molecule has 6 heteroatoms. The van der Waals surface area contributed by atoms with Crippen molar-refractivity contribution in [3.63, 3.8) is 0 Å². The number of carbonyl (C=O) groups is 2. The van der Waals surface area contributed by atoms with E-state index in [1.54, 1.807) is 0 Å². The van der Waals surface area contributed by atoms with E-state index in [4.69, 9.17) is 0 Å². The van der Waals surface area contributed by atoms with Gasteiger partial charge in [-0.15, -0.1) is 0 Å². The molecule has 0 spiro atoms. The molecule has 6 nitrogen and oxygen atoms in total. The van der Waals surface area contributed by atoms with Crippen molar-refractivity contribution in [1.82, 2.24) is 20.0 Å². The number of hydrogen-bond acceptors (Lipinski definition) is 4. The first-order valence-corrected chi connectivity index (χ1v) is 9.60. The van der Waals surface area contributed by atoms with Crippen molar-refractivity contribution in [2.24, 2.45) is 0 Å². The van der Waals surface area contributed by atoms with Gasteiger partial charge in [-0.1, -0.05) is 38.1 Å². The summed E-state index contributed by atoms with van der Waals surface area (Å²) in [6, 6.07) is 8.38. The highest BCUT2D eigenvalue weighted by Crippen LogP contribution is 2.17. The number of nitrogens with zero attached hydrogens (tertiary/aromatic N) is 3. The van der Waals surface area contributed by atoms with Crippen LogP contribution in [0.25, 0.3) is 0 Å². The fourth-order valence-corrected chi connectivity index (χ4v) is 3.64. The highest BCUT2D eigenvalue weighted by atomic mass is 16.2. The van der Waals surface area contributed by atoms with Crippen LogP contribution in [0.3, 0.4) is 0 Å². The number of urea groups is 1. The van der Waals surface area contributed by atoms with E-state index in [0.717, 1.165) is 32.7 Å². The Labute approximate surface area is 156 Å². The molecule has 0 aromatic heterocycles. The summed E-state index contributed by atoms with van der Waals surface area (Å²) in [5, 5.41) is 2.69. The van der Waals surface area contributed by atoms with Crippen LogP contribution >= 0.6 is 0 Å². The van der Waals surface area contributed by atoms with Crippen LogP contribution in [-0.2, 0) is 11.3 Å². The van der Waals surface area contributed by atoms with E-state index in [9.17, 15) is 9.59 Å². The zero-order chi connectivity index (χ0) is 18.7. The van der Waals surface area contributed by atoms with Crippen LogP contribution in [0.4, 0.5) is 4.79 Å². The van der Waals surface area contributed by atoms with Gasteiger partial charge in [-0.3, -0.25) is 19.5 Å². The molecule has 2 fully saturated rings. The first kappa shape index (κ1) is 18.9. The molecule has 0 aliphatic carbocycles. The van der Waals surface area contributed by atoms with E-state index < -0.39 is 0 Å². The van der Waals surface area contributed by atoms with Gasteiger partial charge in [0.1, 0.15) is 0 Å². The molecule has 2 saturated heterocycles. The summed E-state index contributed by atoms with van der Waals surface area (Å²) in [6.45, 7) is 11.9. The van der Waals surface area contributed by atoms with Crippen LogP contribution in [0.15, 0.2) is 24.3 Å². The Hall–Kier alpha value is -1.92. The Morgan fingerprint density at radius 1 is 1.04 bits per heavy atom. The van der Waals surface area contributed by atoms with Crippen LogP contribution < -0.4 is 5.32 Å². The van der Waals surface area contributed by atoms with Crippen molar-refractivity contribution in [3.8, 4) is 0 Å². The highest BCUT2D eigenvalue weighted by Gasteiger charge is 2.33. The van der Waals surface area contributed by atoms with Crippen molar-refractivity contribution < 1.29 is 9.59 Å². The average Bonchev–Trinajstić information content (AvgIpc) is 3.07. The topological polar surface area (TPSA) is 55.9 Å². The van der Waals surface area contributed by atoms with Crippen LogP contribution in [0.1, 0.15) is 37.8 Å². The van der Waals surface area contributed by atoms with Gasteiger partial charge in [0, 0.05) is 45.8 Å². The minimum Gasteiger partial charge on any atom is -0.336 e. The molecule has 2 aliphatic heterocycles. The minimum atomic E-state index is -0.259. The van der Waals surface area contributed by atoms with Gasteiger partial charge in [0.05, 0.1) is 6.04 Å². The van der Waals surface area contributed by atoms with Crippen LogP contribution in [0.2, 0.25) is 0 Å². The molecule has 1 aromatic rings. The van der Waals surface area contributed by atoms with Gasteiger partial charge in [-0.2, -0.15) is 0 Å². The first-order valence-electron chi connectivity index (χ1n) is 9.60. The summed E-state index contributed by atoms with van der Waals surface area (Å²) in [5.74, 6) is 0.474. The summed E-state index contributed by atoms with van der Waals surface area (Å²) in [7, 11) is 0. The van der Waals surface area contributed by atoms with Crippen molar-refractivity contribution in [2.45, 2.75) is 39.3 Å². The number of piperazine rings is 1. The third-order valence-corrected chi connectivity index (χ3v) is 5.49. The molecule has 142 valence electrons. The Morgan fingerprint density at radius 2 is 1.69 bits per heavy atom. The van der Waals surface area contributed by atoms with Crippen LogP contribution in [-0.4, -0.2) is 71.9 Å². The average molecular weight is 358 g/mol. The maximum absolute atomic E-state index is 12.5. The molecule has 0 bridgehead atoms. The Balaban J connectivity index is 1.49. The summed E-state index contributed by atoms with van der Waals surface area (Å²) in [6.07, 6.45) is 0. The molecular formula is C20H30N4O2. The Kier molecular flexibility index (Phi) is 5.94. The number of amides is 3. The maximum Gasteiger partial charge on any atom is 0.324 e. The van der Waals surface area contributed by atoms with E-state index in [1.807, 2.05) is 6.92 Å². The highest BCUT2D eigenvalue weighted by molar-refractivity contribution is 5.98. The summed E-state index contributed by atoms with van der Waals surface area (Å²) in [5.41, 5.74) is 2.71. The van der Waals surface area contributed by atoms with Crippen molar-refractivity contribution in [1.29, 1.82) is 0 Å². The van der Waals surface area contributed by atoms with Gasteiger partial charge in [0.15, 0.2) is 0 Å². The first-order chi connectivity index (χ1) is 12.5. The van der Waals surface area contributed by atoms with Gasteiger partial charge in [0.2, 0.25) is 5.91 Å². The third-order valence-electron chi connectivity index (χ3n) is 5.49. The zero-order valence-electron chi connectivity index (χ0n) is 16.1. The normalized spacial score (nSPS) is 20.5. The Morgan fingerprint density at radius 3 is 2.23 bits per heavy atom. The predicted octanol–water partition coefficient (Wildman–Crippen LogP) is 1.87. The van der Waals surface area contributed by atoms with Crippen molar-refractivity contribution in [2.75, 3.05) is 39.3 Å². The lowest BCUT2D eigenvalue weighted by Gasteiger charge is -2.38. The molecule has 0 radical (unpaired) electrons. The quantitative estimate of drug-likeness (QED) is 0.873. The molecule has 1 atom stereocenters. The van der Waals surface area contributed by atoms with E-state index in [1.165, 1.54) is 16.0 Å². The zero-order valence-corrected chi connectivity index (χ0v) is 16.1. The lowest BCUT2D eigenvalue weighted by molar-refractivity contribution is -0.133. The number of nitrogens with one attached hydrogen (secondary N) is 1. The van der Waals surface area contributed by atoms with E-state index in [-0.39, 0.29) is 18.0 Å². The number of hydrogen-bond donors (Lipinski definition) is 1. The van der Waals surface area contributed by atoms with Gasteiger partial charge in [-0.25, -0.2) is 4.79 Å². The van der Waals surface area contributed by atoms with E-state index in [0.29, 0.717) is 19.0 Å². The molecule has 2 heterocycles. The SMILES string of the molecule is CC(C)c1ccc(CN2CCN([C@@H](C)C(=O)N3CCNC3=O)CC2)cc1. The molecule has 26 heavy (non-hydrogen) atoms. The summed E-state index contributed by atoms with van der Waals surface area (Å²) >= 11 is 0. The summed E-state index contributed by atoms with van der Waals surface area (Å²) in [4.78, 5) is 30.2. The number of rotatable bonds is 5. The van der Waals surface area contributed by atoms with Gasteiger partial charge in [-0.05, 0) is 24.0 Å². The standard InChI is InChI=1S/C20H30N4O2/c1-15(2)18-6-4-17(5-7-18)14-22-10-12-23(13-11-22)16(3)19(25)24-9-8-21-20(24)26/h4-7,15-16H,8-14H2,1-3H3,(H,21,26)/t16-/m0/s1. The number of benzene rings is 1. The maximum atomic E-state index is 12.5. The lowest BCUT2D eigenvalue weighted by Crippen LogP contribution is -2.54. The van der Waals surface area contributed by atoms with E-state index >= 15 is 0 Å². The summed E-state index contributed by atoms with van der Waals surface area (Å²) < 4.78 is 0. The van der Waals surface area contributed by atoms with Gasteiger partial charge < -0.3 is 5.32 Å². The molecule has 1 N–H and O–H groups in total. The van der Waals surface area contributed by atoms with Crippen LogP contribution in [0.5, 0.6) is 0 Å². The molecule has 2 aliphatic rings. The van der Waals surface area contributed by atoms with Crippen molar-refractivity contribution >= 4 is 11.9 Å². The van der Waals surface area contributed by atoms with Crippen LogP contribution in [0, 0.1) is 0 Å². The minimum absolute atomic E-state index is 0.0854. The van der Waals surface area contributed by atoms with E-state index in [2.05, 4.69) is 53.2 Å². The molecule has 0 saturated carbocycles. The monoisotopic (exact) mass is 358 g/mol. The lowest BCUT2D eigenvalue weighted by atomic mass is 10.0. The molecular weight excluding hydrogens is 328 g/mol. The fraction of sp³-hybridized carbons (Fsp3) is 0.600. The molecule has 3 rings (SSSR count). The van der Waals surface area contributed by atoms with Gasteiger partial charge in [0.25, 0.3) is 0 Å². The largest absolute Gasteiger partial charge is 0.336 e. The second kappa shape index (κ2) is 8.18. The predicted molar refractivity (Wildman–Crippen MR) is 102 cm³/mol. The fourth-order valence-electron chi connectivity index (χ4n) is 3.64. The number of carbonyl (C=O) groups excluding carboxylic acids is 2. The molecule has 1 aromatic carbocycles. The van der Waals surface area contributed by atoms with Gasteiger partial charge >= 0.3 is 6.03 Å². The molecule has 3 amide bonds. The second-order valence-corrected chi connectivity index (χ2v) is 7.61.